The number of fused-ring (bicyclic) bond motifs is 1. The summed E-state index contributed by atoms with van der Waals surface area (Å²) in [6, 6.07) is 2.17. The molecule has 5 nitrogen and oxygen atoms in total. The number of hydrogen-bond acceptors (Lipinski definition) is 4. The van der Waals surface area contributed by atoms with Gasteiger partial charge in [0.05, 0.1) is 21.5 Å². The van der Waals surface area contributed by atoms with Crippen LogP contribution in [0.1, 0.15) is 12.5 Å². The van der Waals surface area contributed by atoms with Gasteiger partial charge in [-0.05, 0) is 25.1 Å². The topological polar surface area (TPSA) is 59.3 Å². The first-order valence-corrected chi connectivity index (χ1v) is 8.97. The lowest BCUT2D eigenvalue weighted by Crippen LogP contribution is -2.23. The van der Waals surface area contributed by atoms with Crippen LogP contribution >= 0.6 is 23.4 Å². The molecule has 0 fully saturated rings. The van der Waals surface area contributed by atoms with Crippen LogP contribution in [-0.2, 0) is 11.0 Å². The summed E-state index contributed by atoms with van der Waals surface area (Å²) in [5, 5.41) is 8.09. The molecule has 0 aliphatic carbocycles. The third-order valence-electron chi connectivity index (χ3n) is 3.70. The maximum absolute atomic E-state index is 13.7. The van der Waals surface area contributed by atoms with E-state index in [2.05, 4.69) is 15.5 Å². The van der Waals surface area contributed by atoms with Crippen molar-refractivity contribution in [2.75, 3.05) is 5.32 Å². The number of thioether (sulfide) groups is 1. The zero-order chi connectivity index (χ0) is 21.5. The smallest absolute Gasteiger partial charge is 0.323 e. The van der Waals surface area contributed by atoms with E-state index in [9.17, 15) is 31.1 Å². The molecule has 1 atom stereocenters. The van der Waals surface area contributed by atoms with Gasteiger partial charge in [0.1, 0.15) is 0 Å². The standard InChI is InChI=1S/C16H9ClF6N4OS/c1-6(14(28)24-10-3-2-9(18)11(19)12(10)20)29-15-26-25-13-8(17)4-7(5-27(13)15)16(21,22)23/h2-6H,1H3,(H,24,28). The molecule has 29 heavy (non-hydrogen) atoms. The molecule has 2 heterocycles. The molecule has 1 amide bonds. The van der Waals surface area contributed by atoms with Crippen molar-refractivity contribution in [3.8, 4) is 0 Å². The predicted molar refractivity (Wildman–Crippen MR) is 93.3 cm³/mol. The van der Waals surface area contributed by atoms with Gasteiger partial charge in [-0.3, -0.25) is 9.20 Å². The van der Waals surface area contributed by atoms with Gasteiger partial charge in [-0.1, -0.05) is 23.4 Å². The molecule has 13 heteroatoms. The largest absolute Gasteiger partial charge is 0.417 e. The third-order valence-corrected chi connectivity index (χ3v) is 5.04. The summed E-state index contributed by atoms with van der Waals surface area (Å²) in [4.78, 5) is 12.2. The van der Waals surface area contributed by atoms with Gasteiger partial charge in [0, 0.05) is 6.20 Å². The summed E-state index contributed by atoms with van der Waals surface area (Å²) in [5.41, 5.74) is -1.69. The van der Waals surface area contributed by atoms with E-state index >= 15 is 0 Å². The van der Waals surface area contributed by atoms with Crippen molar-refractivity contribution >= 4 is 40.6 Å². The number of benzene rings is 1. The first-order chi connectivity index (χ1) is 13.5. The van der Waals surface area contributed by atoms with Crippen molar-refractivity contribution in [1.82, 2.24) is 14.6 Å². The van der Waals surface area contributed by atoms with Crippen LogP contribution in [0.25, 0.3) is 5.65 Å². The summed E-state index contributed by atoms with van der Waals surface area (Å²) in [6.07, 6.45) is -3.94. The van der Waals surface area contributed by atoms with Crippen molar-refractivity contribution in [2.24, 2.45) is 0 Å². The maximum Gasteiger partial charge on any atom is 0.417 e. The minimum absolute atomic E-state index is 0.0542. The Morgan fingerprint density at radius 3 is 2.55 bits per heavy atom. The highest BCUT2D eigenvalue weighted by Crippen LogP contribution is 2.34. The number of hydrogen-bond donors (Lipinski definition) is 1. The van der Waals surface area contributed by atoms with E-state index in [4.69, 9.17) is 11.6 Å². The molecule has 0 saturated carbocycles. The number of anilines is 1. The number of alkyl halides is 3. The summed E-state index contributed by atoms with van der Waals surface area (Å²) in [7, 11) is 0. The van der Waals surface area contributed by atoms with Crippen LogP contribution in [0.5, 0.6) is 0 Å². The molecule has 154 valence electrons. The van der Waals surface area contributed by atoms with Crippen molar-refractivity contribution < 1.29 is 31.1 Å². The molecule has 0 aliphatic rings. The lowest BCUT2D eigenvalue weighted by Gasteiger charge is -2.13. The number of pyridine rings is 1. The number of nitrogens with zero attached hydrogens (tertiary/aromatic N) is 3. The number of rotatable bonds is 4. The van der Waals surface area contributed by atoms with Crippen LogP contribution in [0.4, 0.5) is 32.0 Å². The Morgan fingerprint density at radius 1 is 1.21 bits per heavy atom. The van der Waals surface area contributed by atoms with Gasteiger partial charge in [0.25, 0.3) is 0 Å². The fourth-order valence-electron chi connectivity index (χ4n) is 2.24. The normalized spacial score (nSPS) is 13.0. The maximum atomic E-state index is 13.7. The highest BCUT2D eigenvalue weighted by Gasteiger charge is 2.32. The molecule has 0 saturated heterocycles. The zero-order valence-corrected chi connectivity index (χ0v) is 15.8. The number of nitrogens with one attached hydrogen (secondary N) is 1. The molecule has 3 aromatic rings. The van der Waals surface area contributed by atoms with Crippen LogP contribution in [0, 0.1) is 17.5 Å². The quantitative estimate of drug-likeness (QED) is 0.345. The Balaban J connectivity index is 1.84. The monoisotopic (exact) mass is 454 g/mol. The SMILES string of the molecule is CC(Sc1nnc2c(Cl)cc(C(F)(F)F)cn12)C(=O)Nc1ccc(F)c(F)c1F. The van der Waals surface area contributed by atoms with Gasteiger partial charge < -0.3 is 5.32 Å². The Hall–Kier alpha value is -2.47. The van der Waals surface area contributed by atoms with E-state index in [1.54, 1.807) is 0 Å². The van der Waals surface area contributed by atoms with Gasteiger partial charge in [-0.2, -0.15) is 13.2 Å². The van der Waals surface area contributed by atoms with Crippen LogP contribution in [0.2, 0.25) is 5.02 Å². The first kappa shape index (κ1) is 21.2. The summed E-state index contributed by atoms with van der Waals surface area (Å²) >= 11 is 6.52. The Morgan fingerprint density at radius 2 is 1.90 bits per heavy atom. The van der Waals surface area contributed by atoms with Crippen LogP contribution in [0.15, 0.2) is 29.6 Å². The van der Waals surface area contributed by atoms with Gasteiger partial charge in [-0.15, -0.1) is 10.2 Å². The molecular weight excluding hydrogens is 446 g/mol. The second-order valence-electron chi connectivity index (χ2n) is 5.72. The number of aromatic nitrogens is 3. The molecule has 1 N–H and O–H groups in total. The van der Waals surface area contributed by atoms with Crippen LogP contribution < -0.4 is 5.32 Å². The molecule has 0 radical (unpaired) electrons. The van der Waals surface area contributed by atoms with Crippen LogP contribution in [-0.4, -0.2) is 25.8 Å². The molecule has 3 rings (SSSR count). The lowest BCUT2D eigenvalue weighted by molar-refractivity contribution is -0.137. The fourth-order valence-corrected chi connectivity index (χ4v) is 3.31. The molecule has 2 aromatic heterocycles. The molecule has 0 spiro atoms. The minimum atomic E-state index is -4.67. The van der Waals surface area contributed by atoms with Gasteiger partial charge in [-0.25, -0.2) is 13.2 Å². The van der Waals surface area contributed by atoms with Gasteiger partial charge in [0.2, 0.25) is 5.91 Å². The second kappa shape index (κ2) is 7.75. The average Bonchev–Trinajstić information content (AvgIpc) is 3.05. The molecule has 0 aliphatic heterocycles. The van der Waals surface area contributed by atoms with Gasteiger partial charge in [0.15, 0.2) is 28.3 Å². The molecule has 1 unspecified atom stereocenters. The lowest BCUT2D eigenvalue weighted by atomic mass is 10.2. The zero-order valence-electron chi connectivity index (χ0n) is 14.2. The first-order valence-electron chi connectivity index (χ1n) is 7.71. The van der Waals surface area contributed by atoms with E-state index in [0.29, 0.717) is 23.9 Å². The van der Waals surface area contributed by atoms with E-state index in [1.165, 1.54) is 6.92 Å². The van der Waals surface area contributed by atoms with Crippen molar-refractivity contribution in [3.05, 3.63) is 52.4 Å². The van der Waals surface area contributed by atoms with E-state index in [-0.39, 0.29) is 15.8 Å². The number of halogens is 7. The number of carbonyl (C=O) groups is 1. The summed E-state index contributed by atoms with van der Waals surface area (Å²) in [5.74, 6) is -5.57. The van der Waals surface area contributed by atoms with Crippen molar-refractivity contribution in [1.29, 1.82) is 0 Å². The number of amides is 1. The highest BCUT2D eigenvalue weighted by atomic mass is 35.5. The van der Waals surface area contributed by atoms with E-state index in [1.807, 2.05) is 0 Å². The molecule has 0 bridgehead atoms. The van der Waals surface area contributed by atoms with Crippen LogP contribution in [0.3, 0.4) is 0 Å². The fraction of sp³-hybridized carbons (Fsp3) is 0.188. The van der Waals surface area contributed by atoms with Crippen molar-refractivity contribution in [3.63, 3.8) is 0 Å². The molecule has 1 aromatic carbocycles. The summed E-state index contributed by atoms with van der Waals surface area (Å²) in [6.45, 7) is 1.36. The number of carbonyl (C=O) groups excluding carboxylic acids is 1. The minimum Gasteiger partial charge on any atom is -0.323 e. The second-order valence-corrected chi connectivity index (χ2v) is 7.44. The van der Waals surface area contributed by atoms with E-state index in [0.717, 1.165) is 16.7 Å². The average molecular weight is 455 g/mol. The van der Waals surface area contributed by atoms with Crippen molar-refractivity contribution in [2.45, 2.75) is 23.5 Å². The molecular formula is C16H9ClF6N4OS. The van der Waals surface area contributed by atoms with Gasteiger partial charge >= 0.3 is 6.18 Å². The predicted octanol–water partition coefficient (Wildman–Crippen LogP) is 4.94. The Labute approximate surface area is 168 Å². The Kier molecular flexibility index (Phi) is 5.68. The Bertz CT molecular complexity index is 1100. The highest BCUT2D eigenvalue weighted by molar-refractivity contribution is 8.00. The van der Waals surface area contributed by atoms with E-state index < -0.39 is 46.0 Å². The summed E-state index contributed by atoms with van der Waals surface area (Å²) < 4.78 is 79.9. The third kappa shape index (κ3) is 4.27.